The van der Waals surface area contributed by atoms with E-state index in [2.05, 4.69) is 0 Å². The number of halogens is 1. The molecule has 0 spiro atoms. The van der Waals surface area contributed by atoms with E-state index in [-0.39, 0.29) is 6.09 Å². The fourth-order valence-corrected chi connectivity index (χ4v) is 2.54. The van der Waals surface area contributed by atoms with Crippen LogP contribution in [0, 0.1) is 0 Å². The normalized spacial score (nSPS) is 10.1. The molecule has 0 atom stereocenters. The Bertz CT molecular complexity index is 527. The molecule has 1 amide bonds. The smallest absolute Gasteiger partial charge is 0.410 e. The Labute approximate surface area is 115 Å². The van der Waals surface area contributed by atoms with Crippen molar-refractivity contribution in [1.29, 1.82) is 0 Å². The molecule has 1 aromatic carbocycles. The van der Waals surface area contributed by atoms with Gasteiger partial charge in [-0.05, 0) is 24.3 Å². The second kappa shape index (κ2) is 5.89. The molecule has 0 fully saturated rings. The van der Waals surface area contributed by atoms with Crippen molar-refractivity contribution in [2.24, 2.45) is 0 Å². The first-order chi connectivity index (χ1) is 8.65. The lowest BCUT2D eigenvalue weighted by Crippen LogP contribution is -2.28. The Balaban J connectivity index is 1.93. The molecule has 2 aromatic rings. The second-order valence-corrected chi connectivity index (χ2v) is 5.54. The van der Waals surface area contributed by atoms with E-state index < -0.39 is 0 Å². The van der Waals surface area contributed by atoms with Gasteiger partial charge in [0.05, 0.1) is 10.9 Å². The van der Waals surface area contributed by atoms with E-state index in [1.165, 1.54) is 16.2 Å². The van der Waals surface area contributed by atoms with Gasteiger partial charge in [0.25, 0.3) is 0 Å². The summed E-state index contributed by atoms with van der Waals surface area (Å²) < 4.78 is 5.93. The van der Waals surface area contributed by atoms with Crippen LogP contribution in [-0.2, 0) is 6.54 Å². The quantitative estimate of drug-likeness (QED) is 0.850. The van der Waals surface area contributed by atoms with Gasteiger partial charge < -0.3 is 9.64 Å². The molecule has 0 saturated carbocycles. The maximum atomic E-state index is 11.8. The number of thiophene rings is 1. The third-order valence-electron chi connectivity index (χ3n) is 2.28. The summed E-state index contributed by atoms with van der Waals surface area (Å²) in [4.78, 5) is 14.3. The van der Waals surface area contributed by atoms with Gasteiger partial charge in [0, 0.05) is 11.9 Å². The van der Waals surface area contributed by atoms with Gasteiger partial charge in [-0.1, -0.05) is 29.8 Å². The summed E-state index contributed by atoms with van der Waals surface area (Å²) in [5, 5.41) is 0. The van der Waals surface area contributed by atoms with Crippen molar-refractivity contribution in [3.63, 3.8) is 0 Å². The summed E-state index contributed by atoms with van der Waals surface area (Å²) in [6, 6.07) is 12.7. The number of amides is 1. The lowest BCUT2D eigenvalue weighted by atomic mass is 10.3. The Kier molecular flexibility index (Phi) is 4.23. The van der Waals surface area contributed by atoms with E-state index in [9.17, 15) is 4.79 Å². The van der Waals surface area contributed by atoms with Crippen molar-refractivity contribution in [1.82, 2.24) is 4.90 Å². The molecule has 0 bridgehead atoms. The Morgan fingerprint density at radius 2 is 2.00 bits per heavy atom. The van der Waals surface area contributed by atoms with E-state index in [1.807, 2.05) is 30.3 Å². The maximum Gasteiger partial charge on any atom is 0.415 e. The highest BCUT2D eigenvalue weighted by Gasteiger charge is 2.12. The van der Waals surface area contributed by atoms with Gasteiger partial charge in [0.2, 0.25) is 0 Å². The largest absolute Gasteiger partial charge is 0.415 e. The van der Waals surface area contributed by atoms with Crippen molar-refractivity contribution < 1.29 is 9.53 Å². The predicted octanol–water partition coefficient (Wildman–Crippen LogP) is 4.03. The second-order valence-electron chi connectivity index (χ2n) is 3.74. The summed E-state index contributed by atoms with van der Waals surface area (Å²) in [5.74, 6) is 0.540. The zero-order valence-corrected chi connectivity index (χ0v) is 11.4. The molecule has 0 unspecified atom stereocenters. The van der Waals surface area contributed by atoms with E-state index in [1.54, 1.807) is 19.2 Å². The highest BCUT2D eigenvalue weighted by atomic mass is 35.5. The van der Waals surface area contributed by atoms with Crippen LogP contribution in [0.5, 0.6) is 5.75 Å². The predicted molar refractivity (Wildman–Crippen MR) is 73.3 cm³/mol. The number of benzene rings is 1. The molecule has 0 radical (unpaired) electrons. The number of nitrogens with zero attached hydrogens (tertiary/aromatic N) is 1. The first kappa shape index (κ1) is 12.9. The fraction of sp³-hybridized carbons (Fsp3) is 0.154. The zero-order chi connectivity index (χ0) is 13.0. The van der Waals surface area contributed by atoms with Gasteiger partial charge in [0.1, 0.15) is 5.75 Å². The first-order valence-corrected chi connectivity index (χ1v) is 6.57. The minimum absolute atomic E-state index is 0.384. The number of hydrogen-bond acceptors (Lipinski definition) is 3. The molecular weight excluding hydrogens is 270 g/mol. The van der Waals surface area contributed by atoms with Crippen molar-refractivity contribution >= 4 is 29.0 Å². The molecule has 0 aliphatic carbocycles. The Morgan fingerprint density at radius 1 is 1.28 bits per heavy atom. The third kappa shape index (κ3) is 3.48. The number of rotatable bonds is 3. The molecule has 18 heavy (non-hydrogen) atoms. The highest BCUT2D eigenvalue weighted by Crippen LogP contribution is 2.22. The van der Waals surface area contributed by atoms with Gasteiger partial charge in [-0.3, -0.25) is 0 Å². The molecule has 94 valence electrons. The van der Waals surface area contributed by atoms with Crippen LogP contribution in [0.2, 0.25) is 4.34 Å². The molecule has 2 rings (SSSR count). The van der Waals surface area contributed by atoms with Gasteiger partial charge in [-0.2, -0.15) is 0 Å². The molecule has 0 aliphatic heterocycles. The van der Waals surface area contributed by atoms with Crippen molar-refractivity contribution in [2.45, 2.75) is 6.54 Å². The number of ether oxygens (including phenoxy) is 1. The first-order valence-electron chi connectivity index (χ1n) is 5.37. The van der Waals surface area contributed by atoms with E-state index in [0.29, 0.717) is 12.3 Å². The highest BCUT2D eigenvalue weighted by molar-refractivity contribution is 7.16. The van der Waals surface area contributed by atoms with Crippen LogP contribution in [-0.4, -0.2) is 18.0 Å². The average molecular weight is 282 g/mol. The summed E-state index contributed by atoms with van der Waals surface area (Å²) in [5.41, 5.74) is 0. The van der Waals surface area contributed by atoms with Crippen molar-refractivity contribution in [3.05, 3.63) is 51.7 Å². The summed E-state index contributed by atoms with van der Waals surface area (Å²) >= 11 is 7.29. The number of carbonyl (C=O) groups excluding carboxylic acids is 1. The van der Waals surface area contributed by atoms with Gasteiger partial charge in [-0.25, -0.2) is 4.79 Å². The zero-order valence-electron chi connectivity index (χ0n) is 9.80. The number of hydrogen-bond donors (Lipinski definition) is 0. The van der Waals surface area contributed by atoms with Gasteiger partial charge in [0.15, 0.2) is 0 Å². The molecular formula is C13H12ClNO2S. The molecule has 1 aromatic heterocycles. The lowest BCUT2D eigenvalue weighted by molar-refractivity contribution is 0.161. The van der Waals surface area contributed by atoms with Gasteiger partial charge >= 0.3 is 6.09 Å². The minimum atomic E-state index is -0.384. The molecule has 1 heterocycles. The number of para-hydroxylation sites is 1. The van der Waals surface area contributed by atoms with Crippen LogP contribution in [0.15, 0.2) is 42.5 Å². The monoisotopic (exact) mass is 281 g/mol. The summed E-state index contributed by atoms with van der Waals surface area (Å²) in [6.07, 6.45) is -0.384. The standard InChI is InChI=1S/C13H12ClNO2S/c1-15(9-11-7-8-12(14)18-11)13(16)17-10-5-3-2-4-6-10/h2-8H,9H2,1H3. The minimum Gasteiger partial charge on any atom is -0.410 e. The number of carbonyl (C=O) groups is 1. The average Bonchev–Trinajstić information content (AvgIpc) is 2.76. The molecule has 0 N–H and O–H groups in total. The van der Waals surface area contributed by atoms with Crippen LogP contribution in [0.1, 0.15) is 4.88 Å². The fourth-order valence-electron chi connectivity index (χ4n) is 1.40. The lowest BCUT2D eigenvalue weighted by Gasteiger charge is -2.15. The van der Waals surface area contributed by atoms with Gasteiger partial charge in [-0.15, -0.1) is 11.3 Å². The third-order valence-corrected chi connectivity index (χ3v) is 3.50. The topological polar surface area (TPSA) is 29.5 Å². The van der Waals surface area contributed by atoms with Crippen LogP contribution in [0.4, 0.5) is 4.79 Å². The van der Waals surface area contributed by atoms with E-state index in [0.717, 1.165) is 9.21 Å². The molecule has 0 aliphatic rings. The van der Waals surface area contributed by atoms with Crippen molar-refractivity contribution in [3.8, 4) is 5.75 Å². The Morgan fingerprint density at radius 3 is 2.61 bits per heavy atom. The van der Waals surface area contributed by atoms with Crippen LogP contribution in [0.25, 0.3) is 0 Å². The summed E-state index contributed by atoms with van der Waals surface area (Å²) in [6.45, 7) is 0.489. The molecule has 5 heteroatoms. The molecule has 3 nitrogen and oxygen atoms in total. The van der Waals surface area contributed by atoms with Crippen LogP contribution >= 0.6 is 22.9 Å². The maximum absolute atomic E-state index is 11.8. The molecule has 0 saturated heterocycles. The van der Waals surface area contributed by atoms with Crippen LogP contribution in [0.3, 0.4) is 0 Å². The van der Waals surface area contributed by atoms with E-state index >= 15 is 0 Å². The van der Waals surface area contributed by atoms with E-state index in [4.69, 9.17) is 16.3 Å². The summed E-state index contributed by atoms with van der Waals surface area (Å²) in [7, 11) is 1.69. The SMILES string of the molecule is CN(Cc1ccc(Cl)s1)C(=O)Oc1ccccc1. The van der Waals surface area contributed by atoms with Crippen LogP contribution < -0.4 is 4.74 Å². The van der Waals surface area contributed by atoms with Crippen molar-refractivity contribution in [2.75, 3.05) is 7.05 Å². The Hall–Kier alpha value is -1.52.